The van der Waals surface area contributed by atoms with Crippen molar-refractivity contribution >= 4 is 21.6 Å². The first-order chi connectivity index (χ1) is 19.5. The van der Waals surface area contributed by atoms with Gasteiger partial charge in [-0.1, -0.05) is 30.3 Å². The highest BCUT2D eigenvalue weighted by atomic mass is 32.2. The molecule has 2 atom stereocenters. The lowest BCUT2D eigenvalue weighted by atomic mass is 9.85. The molecule has 0 unspecified atom stereocenters. The van der Waals surface area contributed by atoms with Crippen molar-refractivity contribution in [3.05, 3.63) is 101 Å². The van der Waals surface area contributed by atoms with Gasteiger partial charge < -0.3 is 16.4 Å². The molecule has 5 rings (SSSR count). The standard InChI is InChI=1S/C30H33F3N4O3S/c1-41(39,40)37-23(17-35-18-30(37)15-16-30)13-14-24-25(33)3-2-4-26(24)36-29(38)28(34)27(19-5-9-21(31)10-6-19)20-7-11-22(32)12-8-20/h2-12,23,27-28,35H,13-18,34H2,1H3,(H,36,38)/t23-,28-/m0/s1. The summed E-state index contributed by atoms with van der Waals surface area (Å²) in [5, 5.41) is 6.07. The molecule has 2 fully saturated rings. The van der Waals surface area contributed by atoms with Crippen LogP contribution in [0.4, 0.5) is 18.9 Å². The lowest BCUT2D eigenvalue weighted by Crippen LogP contribution is -2.60. The van der Waals surface area contributed by atoms with Crippen molar-refractivity contribution in [2.45, 2.75) is 49.2 Å². The highest BCUT2D eigenvalue weighted by molar-refractivity contribution is 7.88. The predicted octanol–water partition coefficient (Wildman–Crippen LogP) is 3.90. The number of carbonyl (C=O) groups excluding carboxylic acids is 1. The van der Waals surface area contributed by atoms with E-state index in [2.05, 4.69) is 10.6 Å². The van der Waals surface area contributed by atoms with Gasteiger partial charge >= 0.3 is 0 Å². The van der Waals surface area contributed by atoms with E-state index in [-0.39, 0.29) is 23.7 Å². The second-order valence-electron chi connectivity index (χ2n) is 11.0. The molecule has 3 aromatic rings. The molecule has 1 heterocycles. The van der Waals surface area contributed by atoms with E-state index in [0.717, 1.165) is 12.8 Å². The van der Waals surface area contributed by atoms with Gasteiger partial charge in [-0.25, -0.2) is 21.6 Å². The van der Waals surface area contributed by atoms with Crippen LogP contribution in [0.5, 0.6) is 0 Å². The van der Waals surface area contributed by atoms with Gasteiger partial charge in [-0.05, 0) is 73.2 Å². The average molecular weight is 587 g/mol. The molecule has 1 saturated heterocycles. The fraction of sp³-hybridized carbons (Fsp3) is 0.367. The number of halogens is 3. The summed E-state index contributed by atoms with van der Waals surface area (Å²) >= 11 is 0. The Morgan fingerprint density at radius 2 is 1.61 bits per heavy atom. The lowest BCUT2D eigenvalue weighted by molar-refractivity contribution is -0.117. The van der Waals surface area contributed by atoms with E-state index in [1.54, 1.807) is 10.4 Å². The van der Waals surface area contributed by atoms with E-state index in [0.29, 0.717) is 30.6 Å². The molecule has 1 spiro atoms. The molecule has 0 bridgehead atoms. The first kappa shape index (κ1) is 29.2. The number of nitrogens with one attached hydrogen (secondary N) is 2. The van der Waals surface area contributed by atoms with Gasteiger partial charge in [-0.3, -0.25) is 4.79 Å². The number of amides is 1. The number of piperazine rings is 1. The van der Waals surface area contributed by atoms with E-state index in [9.17, 15) is 22.0 Å². The number of rotatable bonds is 9. The molecular formula is C30H33F3N4O3S. The van der Waals surface area contributed by atoms with Crippen LogP contribution in [0.3, 0.4) is 0 Å². The van der Waals surface area contributed by atoms with Crippen LogP contribution < -0.4 is 16.4 Å². The van der Waals surface area contributed by atoms with Crippen LogP contribution in [0.25, 0.3) is 0 Å². The molecule has 0 aromatic heterocycles. The summed E-state index contributed by atoms with van der Waals surface area (Å²) in [5.41, 5.74) is 7.64. The quantitative estimate of drug-likeness (QED) is 0.353. The fourth-order valence-corrected chi connectivity index (χ4v) is 7.63. The summed E-state index contributed by atoms with van der Waals surface area (Å²) < 4.78 is 69.3. The Labute approximate surface area is 238 Å². The molecule has 41 heavy (non-hydrogen) atoms. The number of carbonyl (C=O) groups is 1. The largest absolute Gasteiger partial charge is 0.324 e. The topological polar surface area (TPSA) is 105 Å². The Bertz CT molecular complexity index is 1470. The minimum Gasteiger partial charge on any atom is -0.324 e. The van der Waals surface area contributed by atoms with Crippen LogP contribution in [-0.2, 0) is 21.2 Å². The highest BCUT2D eigenvalue weighted by Crippen LogP contribution is 2.46. The maximum absolute atomic E-state index is 15.1. The van der Waals surface area contributed by atoms with Crippen molar-refractivity contribution in [3.63, 3.8) is 0 Å². The van der Waals surface area contributed by atoms with E-state index < -0.39 is 50.9 Å². The highest BCUT2D eigenvalue weighted by Gasteiger charge is 2.55. The summed E-state index contributed by atoms with van der Waals surface area (Å²) in [4.78, 5) is 13.5. The van der Waals surface area contributed by atoms with Crippen LogP contribution >= 0.6 is 0 Å². The van der Waals surface area contributed by atoms with Gasteiger partial charge in [0, 0.05) is 41.8 Å². The number of benzene rings is 3. The molecule has 1 amide bonds. The summed E-state index contributed by atoms with van der Waals surface area (Å²) in [6.45, 7) is 1.05. The van der Waals surface area contributed by atoms with E-state index >= 15 is 4.39 Å². The van der Waals surface area contributed by atoms with Gasteiger partial charge in [0.15, 0.2) is 0 Å². The zero-order valence-corrected chi connectivity index (χ0v) is 23.4. The third-order valence-corrected chi connectivity index (χ3v) is 9.44. The maximum Gasteiger partial charge on any atom is 0.242 e. The molecule has 3 aromatic carbocycles. The van der Waals surface area contributed by atoms with Crippen LogP contribution in [0.2, 0.25) is 0 Å². The van der Waals surface area contributed by atoms with E-state index in [1.165, 1.54) is 66.9 Å². The monoisotopic (exact) mass is 586 g/mol. The second-order valence-corrected chi connectivity index (χ2v) is 12.8. The summed E-state index contributed by atoms with van der Waals surface area (Å²) in [7, 11) is -3.48. The Kier molecular flexibility index (Phi) is 8.24. The Balaban J connectivity index is 1.37. The summed E-state index contributed by atoms with van der Waals surface area (Å²) in [5.74, 6) is -2.78. The molecule has 1 aliphatic heterocycles. The number of anilines is 1. The third kappa shape index (κ3) is 6.33. The zero-order chi connectivity index (χ0) is 29.4. The number of sulfonamides is 1. The number of nitrogens with zero attached hydrogens (tertiary/aromatic N) is 1. The molecule has 1 saturated carbocycles. The van der Waals surface area contributed by atoms with Crippen LogP contribution in [-0.4, -0.2) is 55.6 Å². The molecule has 11 heteroatoms. The van der Waals surface area contributed by atoms with Crippen LogP contribution in [0.15, 0.2) is 66.7 Å². The summed E-state index contributed by atoms with van der Waals surface area (Å²) in [6, 6.07) is 13.9. The predicted molar refractivity (Wildman–Crippen MR) is 151 cm³/mol. The van der Waals surface area contributed by atoms with Gasteiger partial charge in [-0.15, -0.1) is 0 Å². The van der Waals surface area contributed by atoms with Crippen molar-refractivity contribution in [3.8, 4) is 0 Å². The number of nitrogens with two attached hydrogens (primary N) is 1. The van der Waals surface area contributed by atoms with E-state index in [1.807, 2.05) is 0 Å². The minimum atomic E-state index is -3.48. The summed E-state index contributed by atoms with van der Waals surface area (Å²) in [6.07, 6.45) is 3.31. The first-order valence-electron chi connectivity index (χ1n) is 13.5. The molecule has 4 N–H and O–H groups in total. The van der Waals surface area contributed by atoms with Crippen molar-refractivity contribution in [1.29, 1.82) is 0 Å². The normalized spacial score (nSPS) is 19.3. The Morgan fingerprint density at radius 3 is 2.15 bits per heavy atom. The van der Waals surface area contributed by atoms with Gasteiger partial charge in [0.2, 0.25) is 15.9 Å². The molecule has 218 valence electrons. The first-order valence-corrected chi connectivity index (χ1v) is 15.4. The van der Waals surface area contributed by atoms with Crippen molar-refractivity contribution in [2.24, 2.45) is 5.73 Å². The van der Waals surface area contributed by atoms with Crippen molar-refractivity contribution in [1.82, 2.24) is 9.62 Å². The van der Waals surface area contributed by atoms with Crippen LogP contribution in [0.1, 0.15) is 41.9 Å². The van der Waals surface area contributed by atoms with Gasteiger partial charge in [0.25, 0.3) is 0 Å². The zero-order valence-electron chi connectivity index (χ0n) is 22.6. The van der Waals surface area contributed by atoms with Crippen molar-refractivity contribution < 1.29 is 26.4 Å². The van der Waals surface area contributed by atoms with Gasteiger partial charge in [-0.2, -0.15) is 4.31 Å². The van der Waals surface area contributed by atoms with Gasteiger partial charge in [0.05, 0.1) is 12.3 Å². The molecule has 0 radical (unpaired) electrons. The lowest BCUT2D eigenvalue weighted by Gasteiger charge is -2.41. The smallest absolute Gasteiger partial charge is 0.242 e. The Hall–Kier alpha value is -3.25. The molecule has 7 nitrogen and oxygen atoms in total. The van der Waals surface area contributed by atoms with E-state index in [4.69, 9.17) is 5.73 Å². The molecular weight excluding hydrogens is 553 g/mol. The SMILES string of the molecule is CS(=O)(=O)N1[C@@H](CCc2c(F)cccc2NC(=O)[C@@H](N)C(c2ccc(F)cc2)c2ccc(F)cc2)CNCC12CC2. The fourth-order valence-electron chi connectivity index (χ4n) is 5.96. The molecule has 2 aliphatic rings. The number of hydrogen-bond acceptors (Lipinski definition) is 5. The maximum atomic E-state index is 15.1. The second kappa shape index (κ2) is 11.6. The number of hydrogen-bond donors (Lipinski definition) is 3. The Morgan fingerprint density at radius 1 is 1.02 bits per heavy atom. The van der Waals surface area contributed by atoms with Crippen LogP contribution in [0, 0.1) is 17.5 Å². The van der Waals surface area contributed by atoms with Gasteiger partial charge in [0.1, 0.15) is 17.5 Å². The minimum absolute atomic E-state index is 0.186. The molecule has 1 aliphatic carbocycles. The third-order valence-electron chi connectivity index (χ3n) is 8.04. The average Bonchev–Trinajstić information content (AvgIpc) is 3.68. The van der Waals surface area contributed by atoms with Crippen molar-refractivity contribution in [2.75, 3.05) is 24.7 Å².